The van der Waals surface area contributed by atoms with Crippen LogP contribution in [0.1, 0.15) is 42.2 Å². The Bertz CT molecular complexity index is 563. The highest BCUT2D eigenvalue weighted by atomic mass is 127. The van der Waals surface area contributed by atoms with Gasteiger partial charge in [0.05, 0.1) is 0 Å². The van der Waals surface area contributed by atoms with Crippen molar-refractivity contribution < 1.29 is 5.11 Å². The Balaban J connectivity index is 2.39. The minimum atomic E-state index is -0.538. The van der Waals surface area contributed by atoms with E-state index in [1.165, 1.54) is 11.1 Å². The first-order valence-corrected chi connectivity index (χ1v) is 7.79. The lowest BCUT2D eigenvalue weighted by Gasteiger charge is -2.16. The molecule has 0 aliphatic heterocycles. The maximum atomic E-state index is 10.6. The van der Waals surface area contributed by atoms with E-state index in [-0.39, 0.29) is 0 Å². The number of hydrogen-bond acceptors (Lipinski definition) is 1. The summed E-state index contributed by atoms with van der Waals surface area (Å²) in [6.07, 6.45) is 1.52. The summed E-state index contributed by atoms with van der Waals surface area (Å²) in [5.41, 5.74) is 4.68. The third kappa shape index (κ3) is 3.18. The molecule has 0 spiro atoms. The van der Waals surface area contributed by atoms with Gasteiger partial charge in [-0.05, 0) is 63.8 Å². The Morgan fingerprint density at radius 3 is 2.32 bits per heavy atom. The van der Waals surface area contributed by atoms with E-state index >= 15 is 0 Å². The van der Waals surface area contributed by atoms with Crippen LogP contribution >= 0.6 is 22.6 Å². The average molecular weight is 366 g/mol. The van der Waals surface area contributed by atoms with Gasteiger partial charge in [-0.1, -0.05) is 50.2 Å². The predicted octanol–water partition coefficient (Wildman–Crippen LogP) is 4.50. The third-order valence-electron chi connectivity index (χ3n) is 3.51. The molecule has 0 amide bonds. The molecule has 1 N–H and O–H groups in total. The molecule has 2 rings (SSSR count). The van der Waals surface area contributed by atoms with E-state index in [0.29, 0.717) is 0 Å². The van der Waals surface area contributed by atoms with Crippen molar-refractivity contribution in [3.8, 4) is 0 Å². The molecule has 0 fully saturated rings. The predicted molar refractivity (Wildman–Crippen MR) is 88.4 cm³/mol. The van der Waals surface area contributed by atoms with Crippen LogP contribution in [0.5, 0.6) is 0 Å². The minimum absolute atomic E-state index is 0.538. The minimum Gasteiger partial charge on any atom is -0.384 e. The SMILES string of the molecule is CCc1ccc(C(O)c2ccccc2I)cc1CC. The highest BCUT2D eigenvalue weighted by Gasteiger charge is 2.14. The van der Waals surface area contributed by atoms with Crippen LogP contribution in [0.4, 0.5) is 0 Å². The molecule has 2 aromatic carbocycles. The number of aliphatic hydroxyl groups is 1. The summed E-state index contributed by atoms with van der Waals surface area (Å²) in [6, 6.07) is 14.3. The van der Waals surface area contributed by atoms with E-state index in [1.54, 1.807) is 0 Å². The molecule has 100 valence electrons. The van der Waals surface area contributed by atoms with Gasteiger partial charge in [-0.2, -0.15) is 0 Å². The van der Waals surface area contributed by atoms with E-state index in [9.17, 15) is 5.11 Å². The Labute approximate surface area is 128 Å². The van der Waals surface area contributed by atoms with E-state index < -0.39 is 6.10 Å². The van der Waals surface area contributed by atoms with E-state index in [2.05, 4.69) is 48.6 Å². The van der Waals surface area contributed by atoms with Gasteiger partial charge in [-0.25, -0.2) is 0 Å². The van der Waals surface area contributed by atoms with Gasteiger partial charge in [0.1, 0.15) is 6.10 Å². The highest BCUT2D eigenvalue weighted by Crippen LogP contribution is 2.27. The smallest absolute Gasteiger partial charge is 0.105 e. The summed E-state index contributed by atoms with van der Waals surface area (Å²) >= 11 is 2.27. The molecule has 0 radical (unpaired) electrons. The van der Waals surface area contributed by atoms with Gasteiger partial charge in [0, 0.05) is 3.57 Å². The first kappa shape index (κ1) is 14.5. The lowest BCUT2D eigenvalue weighted by atomic mass is 9.95. The van der Waals surface area contributed by atoms with Gasteiger partial charge in [0.15, 0.2) is 0 Å². The van der Waals surface area contributed by atoms with Crippen molar-refractivity contribution in [2.45, 2.75) is 32.8 Å². The topological polar surface area (TPSA) is 20.2 Å². The maximum absolute atomic E-state index is 10.6. The van der Waals surface area contributed by atoms with Crippen molar-refractivity contribution in [1.29, 1.82) is 0 Å². The third-order valence-corrected chi connectivity index (χ3v) is 4.49. The first-order valence-electron chi connectivity index (χ1n) is 6.71. The molecule has 0 aromatic heterocycles. The molecule has 0 saturated carbocycles. The normalized spacial score (nSPS) is 12.4. The number of benzene rings is 2. The summed E-state index contributed by atoms with van der Waals surface area (Å²) in [4.78, 5) is 0. The van der Waals surface area contributed by atoms with Crippen molar-refractivity contribution in [2.75, 3.05) is 0 Å². The van der Waals surface area contributed by atoms with Crippen LogP contribution in [0.15, 0.2) is 42.5 Å². The molecule has 0 aliphatic carbocycles. The van der Waals surface area contributed by atoms with Gasteiger partial charge >= 0.3 is 0 Å². The lowest BCUT2D eigenvalue weighted by Crippen LogP contribution is -2.03. The van der Waals surface area contributed by atoms with Crippen LogP contribution in [0.2, 0.25) is 0 Å². The van der Waals surface area contributed by atoms with E-state index in [4.69, 9.17) is 0 Å². The van der Waals surface area contributed by atoms with Crippen LogP contribution in [0.25, 0.3) is 0 Å². The second-order valence-corrected chi connectivity index (χ2v) is 5.82. The standard InChI is InChI=1S/C17H19IO/c1-3-12-9-10-14(11-13(12)4-2)17(19)15-7-5-6-8-16(15)18/h5-11,17,19H,3-4H2,1-2H3. The molecule has 2 heteroatoms. The summed E-state index contributed by atoms with van der Waals surface area (Å²) in [6.45, 7) is 4.33. The number of aliphatic hydroxyl groups excluding tert-OH is 1. The van der Waals surface area contributed by atoms with Crippen molar-refractivity contribution in [2.24, 2.45) is 0 Å². The fourth-order valence-corrected chi connectivity index (χ4v) is 3.05. The van der Waals surface area contributed by atoms with Crippen LogP contribution in [-0.2, 0) is 12.8 Å². The first-order chi connectivity index (χ1) is 9.17. The van der Waals surface area contributed by atoms with Crippen molar-refractivity contribution in [1.82, 2.24) is 0 Å². The number of aryl methyl sites for hydroxylation is 2. The monoisotopic (exact) mass is 366 g/mol. The van der Waals surface area contributed by atoms with Gasteiger partial charge in [-0.3, -0.25) is 0 Å². The van der Waals surface area contributed by atoms with Crippen LogP contribution in [0.3, 0.4) is 0 Å². The van der Waals surface area contributed by atoms with Gasteiger partial charge in [-0.15, -0.1) is 0 Å². The second kappa shape index (κ2) is 6.53. The van der Waals surface area contributed by atoms with Gasteiger partial charge in [0.25, 0.3) is 0 Å². The number of hydrogen-bond donors (Lipinski definition) is 1. The Hall–Kier alpha value is -0.870. The summed E-state index contributed by atoms with van der Waals surface area (Å²) in [5, 5.41) is 10.6. The molecular weight excluding hydrogens is 347 g/mol. The van der Waals surface area contributed by atoms with Crippen LogP contribution in [-0.4, -0.2) is 5.11 Å². The molecule has 1 nitrogen and oxygen atoms in total. The Morgan fingerprint density at radius 2 is 1.68 bits per heavy atom. The van der Waals surface area contributed by atoms with E-state index in [0.717, 1.165) is 27.5 Å². The fraction of sp³-hybridized carbons (Fsp3) is 0.294. The van der Waals surface area contributed by atoms with Gasteiger partial charge < -0.3 is 5.11 Å². The summed E-state index contributed by atoms with van der Waals surface area (Å²) < 4.78 is 1.10. The zero-order valence-electron chi connectivity index (χ0n) is 11.4. The lowest BCUT2D eigenvalue weighted by molar-refractivity contribution is 0.219. The fourth-order valence-electron chi connectivity index (χ4n) is 2.37. The van der Waals surface area contributed by atoms with Crippen LogP contribution < -0.4 is 0 Å². The molecule has 1 atom stereocenters. The molecule has 1 unspecified atom stereocenters. The maximum Gasteiger partial charge on any atom is 0.105 e. The summed E-state index contributed by atoms with van der Waals surface area (Å²) in [5.74, 6) is 0. The van der Waals surface area contributed by atoms with Crippen molar-refractivity contribution in [3.05, 3.63) is 68.3 Å². The average Bonchev–Trinajstić information content (AvgIpc) is 2.46. The zero-order valence-corrected chi connectivity index (χ0v) is 13.5. The number of rotatable bonds is 4. The largest absolute Gasteiger partial charge is 0.384 e. The molecule has 19 heavy (non-hydrogen) atoms. The van der Waals surface area contributed by atoms with Crippen molar-refractivity contribution >= 4 is 22.6 Å². The Morgan fingerprint density at radius 1 is 1.00 bits per heavy atom. The molecule has 2 aromatic rings. The molecule has 0 saturated heterocycles. The highest BCUT2D eigenvalue weighted by molar-refractivity contribution is 14.1. The van der Waals surface area contributed by atoms with E-state index in [1.807, 2.05) is 30.3 Å². The quantitative estimate of drug-likeness (QED) is 0.791. The molecule has 0 heterocycles. The summed E-state index contributed by atoms with van der Waals surface area (Å²) in [7, 11) is 0. The second-order valence-electron chi connectivity index (χ2n) is 4.66. The molecule has 0 bridgehead atoms. The van der Waals surface area contributed by atoms with Crippen LogP contribution in [0, 0.1) is 3.57 Å². The zero-order chi connectivity index (χ0) is 13.8. The Kier molecular flexibility index (Phi) is 4.99. The van der Waals surface area contributed by atoms with Crippen molar-refractivity contribution in [3.63, 3.8) is 0 Å². The molecule has 0 aliphatic rings. The van der Waals surface area contributed by atoms with Gasteiger partial charge in [0.2, 0.25) is 0 Å². The molecular formula is C17H19IO. The number of halogens is 1.